The van der Waals surface area contributed by atoms with E-state index in [9.17, 15) is 28.7 Å². The van der Waals surface area contributed by atoms with E-state index in [0.29, 0.717) is 17.7 Å². The zero-order valence-corrected chi connectivity index (χ0v) is 13.7. The summed E-state index contributed by atoms with van der Waals surface area (Å²) in [5, 5.41) is 9.26. The van der Waals surface area contributed by atoms with Crippen LogP contribution in [0.3, 0.4) is 0 Å². The predicted molar refractivity (Wildman–Crippen MR) is 89.0 cm³/mol. The zero-order valence-electron chi connectivity index (χ0n) is 13.7. The van der Waals surface area contributed by atoms with Gasteiger partial charge in [0.25, 0.3) is 5.56 Å². The molecule has 2 aromatic rings. The number of nitrogens with zero attached hydrogens (tertiary/aromatic N) is 3. The van der Waals surface area contributed by atoms with Crippen molar-refractivity contribution in [3.05, 3.63) is 62.7 Å². The number of aromatic nitrogens is 2. The zero-order chi connectivity index (χ0) is 18.8. The van der Waals surface area contributed by atoms with Gasteiger partial charge in [0.15, 0.2) is 0 Å². The van der Waals surface area contributed by atoms with Gasteiger partial charge in [0.2, 0.25) is 5.91 Å². The van der Waals surface area contributed by atoms with Crippen LogP contribution in [0.2, 0.25) is 0 Å². The minimum atomic E-state index is -1.52. The lowest BCUT2D eigenvalue weighted by atomic mass is 10.2. The third-order valence-electron chi connectivity index (χ3n) is 4.24. The van der Waals surface area contributed by atoms with E-state index in [1.165, 1.54) is 12.1 Å². The summed E-state index contributed by atoms with van der Waals surface area (Å²) in [4.78, 5) is 50.3. The Labute approximate surface area is 146 Å². The molecule has 1 aromatic carbocycles. The second-order valence-electron chi connectivity index (χ2n) is 5.96. The van der Waals surface area contributed by atoms with E-state index >= 15 is 0 Å². The largest absolute Gasteiger partial charge is 0.477 e. The Kier molecular flexibility index (Phi) is 4.70. The Balaban J connectivity index is 2.11. The van der Waals surface area contributed by atoms with Crippen LogP contribution >= 0.6 is 0 Å². The maximum Gasteiger partial charge on any atom is 0.342 e. The number of benzene rings is 1. The number of carboxylic acid groups (broad SMARTS) is 1. The van der Waals surface area contributed by atoms with Crippen molar-refractivity contribution in [1.29, 1.82) is 0 Å². The number of hydrogen-bond acceptors (Lipinski definition) is 4. The number of hydrogen-bond donors (Lipinski definition) is 1. The van der Waals surface area contributed by atoms with Gasteiger partial charge in [-0.1, -0.05) is 0 Å². The SMILES string of the molecule is O=C(O)c1cn(CC(=O)N2CCCC2)c(=O)n(-c2ccc(F)cc2)c1=O. The third kappa shape index (κ3) is 3.28. The number of halogens is 1. The van der Waals surface area contributed by atoms with Crippen LogP contribution in [0, 0.1) is 5.82 Å². The summed E-state index contributed by atoms with van der Waals surface area (Å²) in [7, 11) is 0. The molecule has 1 saturated heterocycles. The smallest absolute Gasteiger partial charge is 0.342 e. The van der Waals surface area contributed by atoms with Gasteiger partial charge >= 0.3 is 11.7 Å². The molecular formula is C17H16FN3O5. The van der Waals surface area contributed by atoms with Crippen molar-refractivity contribution in [2.24, 2.45) is 0 Å². The van der Waals surface area contributed by atoms with Crippen LogP contribution in [0.1, 0.15) is 23.2 Å². The lowest BCUT2D eigenvalue weighted by Crippen LogP contribution is -2.44. The highest BCUT2D eigenvalue weighted by molar-refractivity contribution is 5.87. The summed E-state index contributed by atoms with van der Waals surface area (Å²) in [5.74, 6) is -2.42. The molecule has 1 amide bonds. The number of likely N-dealkylation sites (tertiary alicyclic amines) is 1. The predicted octanol–water partition coefficient (Wildman–Crippen LogP) is 0.459. The number of carbonyl (C=O) groups excluding carboxylic acids is 1. The van der Waals surface area contributed by atoms with Crippen molar-refractivity contribution >= 4 is 11.9 Å². The Hall–Kier alpha value is -3.23. The number of aromatic carboxylic acids is 1. The van der Waals surface area contributed by atoms with E-state index in [1.807, 2.05) is 0 Å². The minimum Gasteiger partial charge on any atom is -0.477 e. The van der Waals surface area contributed by atoms with Gasteiger partial charge in [-0.25, -0.2) is 18.5 Å². The van der Waals surface area contributed by atoms with Crippen LogP contribution < -0.4 is 11.2 Å². The van der Waals surface area contributed by atoms with Crippen molar-refractivity contribution in [3.63, 3.8) is 0 Å². The highest BCUT2D eigenvalue weighted by Gasteiger charge is 2.22. The molecular weight excluding hydrogens is 345 g/mol. The molecule has 3 rings (SSSR count). The van der Waals surface area contributed by atoms with Crippen LogP contribution in [0.5, 0.6) is 0 Å². The van der Waals surface area contributed by atoms with Gasteiger partial charge in [-0.2, -0.15) is 0 Å². The fourth-order valence-corrected chi connectivity index (χ4v) is 2.89. The molecule has 1 aromatic heterocycles. The number of amides is 1. The first-order valence-corrected chi connectivity index (χ1v) is 8.02. The topological polar surface area (TPSA) is 102 Å². The molecule has 1 aliphatic rings. The minimum absolute atomic E-state index is 0.0203. The van der Waals surface area contributed by atoms with Gasteiger partial charge in [-0.05, 0) is 37.1 Å². The summed E-state index contributed by atoms with van der Waals surface area (Å²) in [6.45, 7) is 0.786. The van der Waals surface area contributed by atoms with E-state index in [4.69, 9.17) is 0 Å². The molecule has 1 aliphatic heterocycles. The Morgan fingerprint density at radius 2 is 1.69 bits per heavy atom. The molecule has 0 bridgehead atoms. The van der Waals surface area contributed by atoms with Crippen molar-refractivity contribution in [2.45, 2.75) is 19.4 Å². The fraction of sp³-hybridized carbons (Fsp3) is 0.294. The molecule has 136 valence electrons. The normalized spacial score (nSPS) is 13.8. The molecule has 26 heavy (non-hydrogen) atoms. The van der Waals surface area contributed by atoms with Gasteiger partial charge in [0.1, 0.15) is 17.9 Å². The van der Waals surface area contributed by atoms with E-state index in [2.05, 4.69) is 0 Å². The molecule has 0 saturated carbocycles. The molecule has 0 aliphatic carbocycles. The van der Waals surface area contributed by atoms with E-state index < -0.39 is 28.6 Å². The van der Waals surface area contributed by atoms with Crippen molar-refractivity contribution in [1.82, 2.24) is 14.0 Å². The number of rotatable bonds is 4. The summed E-state index contributed by atoms with van der Waals surface area (Å²) >= 11 is 0. The molecule has 9 heteroatoms. The Morgan fingerprint density at radius 3 is 2.27 bits per heavy atom. The van der Waals surface area contributed by atoms with Gasteiger partial charge in [-0.15, -0.1) is 0 Å². The summed E-state index contributed by atoms with van der Waals surface area (Å²) < 4.78 is 14.6. The standard InChI is InChI=1S/C17H16FN3O5/c18-11-3-5-12(6-4-11)21-15(23)13(16(24)25)9-20(17(21)26)10-14(22)19-7-1-2-8-19/h3-6,9H,1-2,7-8,10H2,(H,24,25). The van der Waals surface area contributed by atoms with E-state index in [-0.39, 0.29) is 18.1 Å². The maximum absolute atomic E-state index is 13.1. The molecule has 0 unspecified atom stereocenters. The van der Waals surface area contributed by atoms with Crippen LogP contribution in [-0.4, -0.2) is 44.1 Å². The van der Waals surface area contributed by atoms with Gasteiger partial charge < -0.3 is 10.0 Å². The van der Waals surface area contributed by atoms with Crippen LogP contribution in [-0.2, 0) is 11.3 Å². The van der Waals surface area contributed by atoms with E-state index in [1.54, 1.807) is 4.90 Å². The van der Waals surface area contributed by atoms with Crippen molar-refractivity contribution < 1.29 is 19.1 Å². The van der Waals surface area contributed by atoms with E-state index in [0.717, 1.165) is 35.7 Å². The van der Waals surface area contributed by atoms with Gasteiger partial charge in [0, 0.05) is 19.3 Å². The first-order valence-electron chi connectivity index (χ1n) is 8.02. The average molecular weight is 361 g/mol. The van der Waals surface area contributed by atoms with Crippen LogP contribution in [0.15, 0.2) is 40.1 Å². The van der Waals surface area contributed by atoms with Crippen LogP contribution in [0.25, 0.3) is 5.69 Å². The second kappa shape index (κ2) is 6.95. The average Bonchev–Trinajstić information content (AvgIpc) is 3.13. The number of carboxylic acids is 1. The first kappa shape index (κ1) is 17.6. The third-order valence-corrected chi connectivity index (χ3v) is 4.24. The molecule has 1 fully saturated rings. The van der Waals surface area contributed by atoms with Crippen molar-refractivity contribution in [3.8, 4) is 5.69 Å². The van der Waals surface area contributed by atoms with Crippen molar-refractivity contribution in [2.75, 3.05) is 13.1 Å². The molecule has 0 radical (unpaired) electrons. The number of carbonyl (C=O) groups is 2. The summed E-state index contributed by atoms with van der Waals surface area (Å²) in [5.41, 5.74) is -2.53. The molecule has 8 nitrogen and oxygen atoms in total. The lowest BCUT2D eigenvalue weighted by molar-refractivity contribution is -0.130. The molecule has 0 atom stereocenters. The quantitative estimate of drug-likeness (QED) is 0.852. The highest BCUT2D eigenvalue weighted by atomic mass is 19.1. The Bertz CT molecular complexity index is 971. The van der Waals surface area contributed by atoms with Gasteiger partial charge in [-0.3, -0.25) is 14.2 Å². The monoisotopic (exact) mass is 361 g/mol. The fourth-order valence-electron chi connectivity index (χ4n) is 2.89. The highest BCUT2D eigenvalue weighted by Crippen LogP contribution is 2.09. The summed E-state index contributed by atoms with van der Waals surface area (Å²) in [6, 6.07) is 4.48. The second-order valence-corrected chi connectivity index (χ2v) is 5.96. The first-order chi connectivity index (χ1) is 12.4. The summed E-state index contributed by atoms with van der Waals surface area (Å²) in [6.07, 6.45) is 2.62. The molecule has 0 spiro atoms. The molecule has 2 heterocycles. The van der Waals surface area contributed by atoms with Gasteiger partial charge in [0.05, 0.1) is 5.69 Å². The van der Waals surface area contributed by atoms with Crippen LogP contribution in [0.4, 0.5) is 4.39 Å². The lowest BCUT2D eigenvalue weighted by Gasteiger charge is -2.17. The maximum atomic E-state index is 13.1. The molecule has 1 N–H and O–H groups in total. The Morgan fingerprint density at radius 1 is 1.08 bits per heavy atom.